The molecule has 0 aliphatic carbocycles. The Balaban J connectivity index is 1.77. The van der Waals surface area contributed by atoms with E-state index in [1.165, 1.54) is 12.1 Å². The lowest BCUT2D eigenvalue weighted by atomic mass is 10.1. The molecule has 6 nitrogen and oxygen atoms in total. The number of aromatic nitrogens is 2. The molecule has 0 atom stereocenters. The average molecular weight is 417 g/mol. The molecule has 0 amide bonds. The van der Waals surface area contributed by atoms with Crippen molar-refractivity contribution in [2.45, 2.75) is 25.4 Å². The molecule has 0 unspecified atom stereocenters. The molecule has 156 valence electrons. The number of carboxylic acid groups (broad SMARTS) is 1. The maximum atomic E-state index is 12.8. The maximum Gasteiger partial charge on any atom is 0.416 e. The third-order valence-corrected chi connectivity index (χ3v) is 4.98. The summed E-state index contributed by atoms with van der Waals surface area (Å²) in [7, 11) is 0. The Morgan fingerprint density at radius 3 is 2.40 bits per heavy atom. The van der Waals surface area contributed by atoms with E-state index in [1.54, 1.807) is 18.3 Å². The lowest BCUT2D eigenvalue weighted by Gasteiger charge is -2.28. The molecule has 1 aliphatic rings. The van der Waals surface area contributed by atoms with Crippen LogP contribution in [0.25, 0.3) is 22.8 Å². The number of halogens is 3. The van der Waals surface area contributed by atoms with Gasteiger partial charge in [0.15, 0.2) is 11.5 Å². The molecule has 3 heterocycles. The molecule has 2 aromatic heterocycles. The highest BCUT2D eigenvalue weighted by Crippen LogP contribution is 2.36. The molecule has 1 aromatic carbocycles. The van der Waals surface area contributed by atoms with Crippen molar-refractivity contribution in [1.29, 1.82) is 0 Å². The fraction of sp³-hybridized carbons (Fsp3) is 0.286. The van der Waals surface area contributed by atoms with Gasteiger partial charge in [0.25, 0.3) is 0 Å². The fourth-order valence-electron chi connectivity index (χ4n) is 3.50. The van der Waals surface area contributed by atoms with E-state index in [2.05, 4.69) is 14.9 Å². The fourth-order valence-corrected chi connectivity index (χ4v) is 3.50. The summed E-state index contributed by atoms with van der Waals surface area (Å²) in [6.45, 7) is 1.60. The Morgan fingerprint density at radius 2 is 1.77 bits per heavy atom. The first-order valence-corrected chi connectivity index (χ1v) is 9.46. The number of oxazole rings is 1. The Morgan fingerprint density at radius 1 is 1.07 bits per heavy atom. The third-order valence-electron chi connectivity index (χ3n) is 4.98. The van der Waals surface area contributed by atoms with Gasteiger partial charge in [0.1, 0.15) is 5.82 Å². The van der Waals surface area contributed by atoms with Crippen LogP contribution in [0.3, 0.4) is 0 Å². The van der Waals surface area contributed by atoms with Crippen molar-refractivity contribution in [1.82, 2.24) is 9.97 Å². The van der Waals surface area contributed by atoms with Crippen molar-refractivity contribution in [3.63, 3.8) is 0 Å². The number of carbonyl (C=O) groups is 1. The van der Waals surface area contributed by atoms with E-state index in [1.807, 2.05) is 0 Å². The number of pyridine rings is 1. The van der Waals surface area contributed by atoms with Gasteiger partial charge in [0.05, 0.1) is 11.1 Å². The minimum Gasteiger partial charge on any atom is -0.476 e. The summed E-state index contributed by atoms with van der Waals surface area (Å²) >= 11 is 0. The third kappa shape index (κ3) is 3.87. The summed E-state index contributed by atoms with van der Waals surface area (Å²) in [5.41, 5.74) is -0.380. The maximum absolute atomic E-state index is 12.8. The summed E-state index contributed by atoms with van der Waals surface area (Å²) in [6.07, 6.45) is 0.302. The Hall–Kier alpha value is -3.36. The number of nitrogens with zero attached hydrogens (tertiary/aromatic N) is 3. The van der Waals surface area contributed by atoms with E-state index in [0.29, 0.717) is 11.4 Å². The Bertz CT molecular complexity index is 1060. The van der Waals surface area contributed by atoms with Gasteiger partial charge < -0.3 is 14.4 Å². The first-order chi connectivity index (χ1) is 14.3. The molecule has 3 aromatic rings. The second-order valence-electron chi connectivity index (χ2n) is 7.00. The highest BCUT2D eigenvalue weighted by atomic mass is 19.4. The summed E-state index contributed by atoms with van der Waals surface area (Å²) in [5, 5.41) is 9.63. The van der Waals surface area contributed by atoms with Crippen molar-refractivity contribution in [3.05, 3.63) is 53.9 Å². The topological polar surface area (TPSA) is 79.5 Å². The van der Waals surface area contributed by atoms with Crippen LogP contribution in [0.1, 0.15) is 35.3 Å². The predicted octanol–water partition coefficient (Wildman–Crippen LogP) is 5.11. The average Bonchev–Trinajstić information content (AvgIpc) is 3.20. The molecule has 1 fully saturated rings. The van der Waals surface area contributed by atoms with Gasteiger partial charge in [0, 0.05) is 24.8 Å². The van der Waals surface area contributed by atoms with Crippen molar-refractivity contribution in [2.24, 2.45) is 0 Å². The number of aromatic carboxylic acids is 1. The number of rotatable bonds is 4. The molecule has 4 rings (SSSR count). The first-order valence-electron chi connectivity index (χ1n) is 9.46. The van der Waals surface area contributed by atoms with Crippen LogP contribution < -0.4 is 4.90 Å². The van der Waals surface area contributed by atoms with Gasteiger partial charge in [-0.15, -0.1) is 0 Å². The van der Waals surface area contributed by atoms with Crippen LogP contribution in [0, 0.1) is 0 Å². The molecular weight excluding hydrogens is 399 g/mol. The van der Waals surface area contributed by atoms with Crippen molar-refractivity contribution < 1.29 is 27.5 Å². The Labute approximate surface area is 170 Å². The normalized spacial score (nSPS) is 14.7. The van der Waals surface area contributed by atoms with Gasteiger partial charge in [-0.25, -0.2) is 14.8 Å². The first kappa shape index (κ1) is 19.9. The smallest absolute Gasteiger partial charge is 0.416 e. The highest BCUT2D eigenvalue weighted by molar-refractivity contribution is 5.94. The largest absolute Gasteiger partial charge is 0.476 e. The van der Waals surface area contributed by atoms with E-state index >= 15 is 0 Å². The van der Waals surface area contributed by atoms with Crippen LogP contribution in [-0.4, -0.2) is 34.1 Å². The summed E-state index contributed by atoms with van der Waals surface area (Å²) in [4.78, 5) is 22.3. The molecule has 1 aliphatic heterocycles. The molecule has 0 bridgehead atoms. The van der Waals surface area contributed by atoms with Gasteiger partial charge in [-0.3, -0.25) is 0 Å². The molecule has 1 N–H and O–H groups in total. The quantitative estimate of drug-likeness (QED) is 0.635. The number of carboxylic acids is 1. The second-order valence-corrected chi connectivity index (χ2v) is 7.00. The number of hydrogen-bond acceptors (Lipinski definition) is 5. The molecule has 0 spiro atoms. The second kappa shape index (κ2) is 7.81. The minimum absolute atomic E-state index is 0.0334. The van der Waals surface area contributed by atoms with Gasteiger partial charge >= 0.3 is 12.1 Å². The number of anilines is 1. The number of hydrogen-bond donors (Lipinski definition) is 1. The van der Waals surface area contributed by atoms with E-state index in [9.17, 15) is 23.1 Å². The molecule has 0 radical (unpaired) electrons. The molecule has 1 saturated heterocycles. The zero-order valence-corrected chi connectivity index (χ0v) is 15.8. The number of benzene rings is 1. The Kier molecular flexibility index (Phi) is 5.19. The summed E-state index contributed by atoms with van der Waals surface area (Å²) in [5.74, 6) is -0.717. The SMILES string of the molecule is O=C(O)c1nc(-c2ccc(C(F)(F)F)cc2)oc1-c1cccnc1N1CCCCC1. The summed E-state index contributed by atoms with van der Waals surface area (Å²) in [6, 6.07) is 7.61. The molecule has 30 heavy (non-hydrogen) atoms. The van der Waals surface area contributed by atoms with E-state index < -0.39 is 17.7 Å². The summed E-state index contributed by atoms with van der Waals surface area (Å²) < 4.78 is 44.2. The van der Waals surface area contributed by atoms with Gasteiger partial charge in [-0.1, -0.05) is 0 Å². The van der Waals surface area contributed by atoms with Crippen molar-refractivity contribution >= 4 is 11.8 Å². The van der Waals surface area contributed by atoms with Crippen molar-refractivity contribution in [2.75, 3.05) is 18.0 Å². The van der Waals surface area contributed by atoms with Crippen LogP contribution in [0.4, 0.5) is 19.0 Å². The zero-order chi connectivity index (χ0) is 21.3. The molecule has 9 heteroatoms. The number of piperidine rings is 1. The van der Waals surface area contributed by atoms with E-state index in [4.69, 9.17) is 4.42 Å². The monoisotopic (exact) mass is 417 g/mol. The lowest BCUT2D eigenvalue weighted by molar-refractivity contribution is -0.137. The van der Waals surface area contributed by atoms with Crippen LogP contribution in [0.2, 0.25) is 0 Å². The predicted molar refractivity (Wildman–Crippen MR) is 103 cm³/mol. The standard InChI is InChI=1S/C21H18F3N3O3/c22-21(23,24)14-8-6-13(7-9-14)19-26-16(20(28)29)17(30-19)15-5-4-10-25-18(15)27-11-2-1-3-12-27/h4-10H,1-3,11-12H2,(H,28,29). The molecular formula is C21H18F3N3O3. The minimum atomic E-state index is -4.47. The number of alkyl halides is 3. The van der Waals surface area contributed by atoms with Gasteiger partial charge in [-0.2, -0.15) is 13.2 Å². The van der Waals surface area contributed by atoms with Gasteiger partial charge in [-0.05, 0) is 55.7 Å². The van der Waals surface area contributed by atoms with E-state index in [-0.39, 0.29) is 22.9 Å². The van der Waals surface area contributed by atoms with Gasteiger partial charge in [0.2, 0.25) is 5.89 Å². The van der Waals surface area contributed by atoms with Crippen molar-refractivity contribution in [3.8, 4) is 22.8 Å². The lowest BCUT2D eigenvalue weighted by Crippen LogP contribution is -2.30. The van der Waals surface area contributed by atoms with Crippen LogP contribution >= 0.6 is 0 Å². The van der Waals surface area contributed by atoms with Crippen LogP contribution in [0.5, 0.6) is 0 Å². The van der Waals surface area contributed by atoms with Crippen LogP contribution in [0.15, 0.2) is 47.0 Å². The van der Waals surface area contributed by atoms with E-state index in [0.717, 1.165) is 44.5 Å². The highest BCUT2D eigenvalue weighted by Gasteiger charge is 2.31. The van der Waals surface area contributed by atoms with Crippen LogP contribution in [-0.2, 0) is 6.18 Å². The zero-order valence-electron chi connectivity index (χ0n) is 15.8. The molecule has 0 saturated carbocycles.